The molecule has 0 spiro atoms. The average molecular weight is 253 g/mol. The fourth-order valence-electron chi connectivity index (χ4n) is 3.04. The van der Waals surface area contributed by atoms with E-state index in [4.69, 9.17) is 0 Å². The predicted octanol–water partition coefficient (Wildman–Crippen LogP) is 1.96. The topological polar surface area (TPSA) is 44.4 Å². The molecule has 4 nitrogen and oxygen atoms in total. The third-order valence-electron chi connectivity index (χ3n) is 4.29. The van der Waals surface area contributed by atoms with Crippen molar-refractivity contribution in [1.82, 2.24) is 15.5 Å². The van der Waals surface area contributed by atoms with Crippen molar-refractivity contribution in [2.24, 2.45) is 5.92 Å². The highest BCUT2D eigenvalue weighted by Gasteiger charge is 2.24. The lowest BCUT2D eigenvalue weighted by molar-refractivity contribution is 0.233. The van der Waals surface area contributed by atoms with Crippen LogP contribution in [0.15, 0.2) is 0 Å². The first-order chi connectivity index (χ1) is 8.65. The number of hydrogen-bond acceptors (Lipinski definition) is 2. The van der Waals surface area contributed by atoms with Gasteiger partial charge in [-0.15, -0.1) is 0 Å². The summed E-state index contributed by atoms with van der Waals surface area (Å²) in [6.45, 7) is 7.60. The third kappa shape index (κ3) is 3.87. The molecule has 0 aromatic rings. The zero-order valence-electron chi connectivity index (χ0n) is 11.7. The Labute approximate surface area is 110 Å². The number of likely N-dealkylation sites (tertiary alicyclic amines) is 1. The van der Waals surface area contributed by atoms with Crippen molar-refractivity contribution in [2.75, 3.05) is 19.6 Å². The van der Waals surface area contributed by atoms with Crippen molar-refractivity contribution >= 4 is 6.03 Å². The quantitative estimate of drug-likeness (QED) is 0.804. The number of urea groups is 1. The standard InChI is InChI=1S/C14H27N3O/c1-11(2)17-8-7-12(10-17)9-15-14(18)16-13-5-3-4-6-13/h11-13H,3-10H2,1-2H3,(H2,15,16,18). The van der Waals surface area contributed by atoms with E-state index in [9.17, 15) is 4.79 Å². The second-order valence-corrected chi connectivity index (χ2v) is 6.08. The second-order valence-electron chi connectivity index (χ2n) is 6.08. The van der Waals surface area contributed by atoms with Gasteiger partial charge in [0.05, 0.1) is 0 Å². The fourth-order valence-corrected chi connectivity index (χ4v) is 3.04. The molecule has 1 aliphatic carbocycles. The number of carbonyl (C=O) groups excluding carboxylic acids is 1. The van der Waals surface area contributed by atoms with Gasteiger partial charge in [-0.2, -0.15) is 0 Å². The number of rotatable bonds is 4. The summed E-state index contributed by atoms with van der Waals surface area (Å²) in [5.41, 5.74) is 0. The molecule has 2 aliphatic rings. The molecular weight excluding hydrogens is 226 g/mol. The molecule has 104 valence electrons. The lowest BCUT2D eigenvalue weighted by Gasteiger charge is -2.20. The van der Waals surface area contributed by atoms with Gasteiger partial charge in [-0.1, -0.05) is 12.8 Å². The number of amides is 2. The Balaban J connectivity index is 1.61. The Kier molecular flexibility index (Phi) is 4.87. The van der Waals surface area contributed by atoms with Crippen LogP contribution in [0, 0.1) is 5.92 Å². The summed E-state index contributed by atoms with van der Waals surface area (Å²) in [4.78, 5) is 14.2. The molecule has 1 saturated carbocycles. The Morgan fingerprint density at radius 2 is 2.00 bits per heavy atom. The molecule has 0 bridgehead atoms. The van der Waals surface area contributed by atoms with Gasteiger partial charge in [-0.25, -0.2) is 4.79 Å². The van der Waals surface area contributed by atoms with Gasteiger partial charge < -0.3 is 15.5 Å². The number of hydrogen-bond donors (Lipinski definition) is 2. The lowest BCUT2D eigenvalue weighted by atomic mass is 10.1. The van der Waals surface area contributed by atoms with Crippen LogP contribution in [0.3, 0.4) is 0 Å². The third-order valence-corrected chi connectivity index (χ3v) is 4.29. The minimum absolute atomic E-state index is 0.0323. The molecule has 2 amide bonds. The van der Waals surface area contributed by atoms with E-state index in [1.165, 1.54) is 25.8 Å². The summed E-state index contributed by atoms with van der Waals surface area (Å²) in [7, 11) is 0. The van der Waals surface area contributed by atoms with Gasteiger partial charge in [-0.05, 0) is 45.6 Å². The SMILES string of the molecule is CC(C)N1CCC(CNC(=O)NC2CCCC2)C1. The lowest BCUT2D eigenvalue weighted by Crippen LogP contribution is -2.43. The highest BCUT2D eigenvalue weighted by atomic mass is 16.2. The van der Waals surface area contributed by atoms with Crippen molar-refractivity contribution in [1.29, 1.82) is 0 Å². The van der Waals surface area contributed by atoms with Crippen molar-refractivity contribution in [3.8, 4) is 0 Å². The molecule has 0 radical (unpaired) electrons. The predicted molar refractivity (Wildman–Crippen MR) is 73.6 cm³/mol. The zero-order valence-corrected chi connectivity index (χ0v) is 11.7. The van der Waals surface area contributed by atoms with Gasteiger partial charge in [0.25, 0.3) is 0 Å². The van der Waals surface area contributed by atoms with Crippen molar-refractivity contribution < 1.29 is 4.79 Å². The van der Waals surface area contributed by atoms with E-state index in [1.54, 1.807) is 0 Å². The first-order valence-corrected chi connectivity index (χ1v) is 7.43. The van der Waals surface area contributed by atoms with Crippen LogP contribution in [0.5, 0.6) is 0 Å². The molecule has 1 unspecified atom stereocenters. The van der Waals surface area contributed by atoms with E-state index in [1.807, 2.05) is 0 Å². The van der Waals surface area contributed by atoms with E-state index >= 15 is 0 Å². The summed E-state index contributed by atoms with van der Waals surface area (Å²) in [6, 6.07) is 1.08. The molecule has 0 aromatic heterocycles. The Hall–Kier alpha value is -0.770. The Morgan fingerprint density at radius 1 is 1.28 bits per heavy atom. The minimum Gasteiger partial charge on any atom is -0.338 e. The first-order valence-electron chi connectivity index (χ1n) is 7.43. The van der Waals surface area contributed by atoms with Crippen molar-refractivity contribution in [3.63, 3.8) is 0 Å². The molecule has 1 saturated heterocycles. The molecule has 1 aliphatic heterocycles. The number of nitrogens with one attached hydrogen (secondary N) is 2. The zero-order chi connectivity index (χ0) is 13.0. The maximum atomic E-state index is 11.7. The summed E-state index contributed by atoms with van der Waals surface area (Å²) >= 11 is 0. The summed E-state index contributed by atoms with van der Waals surface area (Å²) in [5, 5.41) is 6.11. The fraction of sp³-hybridized carbons (Fsp3) is 0.929. The number of nitrogens with zero attached hydrogens (tertiary/aromatic N) is 1. The van der Waals surface area contributed by atoms with Crippen molar-refractivity contribution in [3.05, 3.63) is 0 Å². The number of carbonyl (C=O) groups is 1. The van der Waals surface area contributed by atoms with E-state index in [0.29, 0.717) is 18.0 Å². The van der Waals surface area contributed by atoms with Crippen molar-refractivity contribution in [2.45, 2.75) is 58.0 Å². The van der Waals surface area contributed by atoms with Crippen LogP contribution in [-0.4, -0.2) is 42.6 Å². The van der Waals surface area contributed by atoms with Gasteiger partial charge in [0.1, 0.15) is 0 Å². The Morgan fingerprint density at radius 3 is 2.61 bits per heavy atom. The molecule has 2 fully saturated rings. The van der Waals surface area contributed by atoms with Crippen LogP contribution in [0.25, 0.3) is 0 Å². The molecule has 2 rings (SSSR count). The summed E-state index contributed by atoms with van der Waals surface area (Å²) in [6.07, 6.45) is 6.03. The summed E-state index contributed by atoms with van der Waals surface area (Å²) in [5.74, 6) is 0.627. The van der Waals surface area contributed by atoms with Gasteiger partial charge in [0.15, 0.2) is 0 Å². The van der Waals surface area contributed by atoms with Crippen LogP contribution in [0.2, 0.25) is 0 Å². The monoisotopic (exact) mass is 253 g/mol. The van der Waals surface area contributed by atoms with E-state index in [-0.39, 0.29) is 6.03 Å². The molecular formula is C14H27N3O. The van der Waals surface area contributed by atoms with E-state index in [2.05, 4.69) is 29.4 Å². The van der Waals surface area contributed by atoms with E-state index < -0.39 is 0 Å². The molecule has 18 heavy (non-hydrogen) atoms. The van der Waals surface area contributed by atoms with Crippen LogP contribution < -0.4 is 10.6 Å². The van der Waals surface area contributed by atoms with Crippen LogP contribution >= 0.6 is 0 Å². The largest absolute Gasteiger partial charge is 0.338 e. The van der Waals surface area contributed by atoms with E-state index in [0.717, 1.165) is 25.9 Å². The molecule has 0 aromatic carbocycles. The van der Waals surface area contributed by atoms with Crippen LogP contribution in [0.1, 0.15) is 46.0 Å². The van der Waals surface area contributed by atoms with Gasteiger partial charge in [0.2, 0.25) is 0 Å². The first kappa shape index (κ1) is 13.7. The maximum absolute atomic E-state index is 11.7. The highest BCUT2D eigenvalue weighted by Crippen LogP contribution is 2.18. The van der Waals surface area contributed by atoms with Crippen LogP contribution in [0.4, 0.5) is 4.79 Å². The summed E-state index contributed by atoms with van der Waals surface area (Å²) < 4.78 is 0. The molecule has 1 heterocycles. The maximum Gasteiger partial charge on any atom is 0.315 e. The average Bonchev–Trinajstić information content (AvgIpc) is 2.96. The van der Waals surface area contributed by atoms with Gasteiger partial charge >= 0.3 is 6.03 Å². The normalized spacial score (nSPS) is 25.8. The minimum atomic E-state index is 0.0323. The van der Waals surface area contributed by atoms with Gasteiger partial charge in [-0.3, -0.25) is 0 Å². The Bertz CT molecular complexity index is 274. The smallest absolute Gasteiger partial charge is 0.315 e. The van der Waals surface area contributed by atoms with Gasteiger partial charge in [0, 0.05) is 25.2 Å². The highest BCUT2D eigenvalue weighted by molar-refractivity contribution is 5.74. The molecule has 4 heteroatoms. The van der Waals surface area contributed by atoms with Crippen LogP contribution in [-0.2, 0) is 0 Å². The molecule has 1 atom stereocenters. The second kappa shape index (κ2) is 6.41. The molecule has 2 N–H and O–H groups in total.